The van der Waals surface area contributed by atoms with Crippen LogP contribution in [-0.4, -0.2) is 0 Å². The summed E-state index contributed by atoms with van der Waals surface area (Å²) in [6.07, 6.45) is 0. The summed E-state index contributed by atoms with van der Waals surface area (Å²) >= 11 is 0. The second-order valence-electron chi connectivity index (χ2n) is 1.96. The van der Waals surface area contributed by atoms with E-state index in [1.54, 1.807) is 0 Å². The molecule has 1 rings (SSSR count). The Morgan fingerprint density at radius 1 is 1.09 bits per heavy atom. The molecule has 0 heterocycles. The maximum absolute atomic E-state index is 10.1. The van der Waals surface area contributed by atoms with E-state index in [1.807, 2.05) is 0 Å². The maximum Gasteiger partial charge on any atom is 0.113 e. The monoisotopic (exact) mass is 149 g/mol. The van der Waals surface area contributed by atoms with Gasteiger partial charge in [0.05, 0.1) is 0 Å². The van der Waals surface area contributed by atoms with Gasteiger partial charge >= 0.3 is 0 Å². The average molecular weight is 149 g/mol. The van der Waals surface area contributed by atoms with Crippen molar-refractivity contribution in [2.24, 2.45) is 10.4 Å². The molecule has 0 bridgehead atoms. The zero-order chi connectivity index (χ0) is 8.27. The van der Waals surface area contributed by atoms with E-state index in [4.69, 9.17) is 0 Å². The molecule has 0 saturated carbocycles. The normalized spacial score (nSPS) is 9.18. The van der Waals surface area contributed by atoms with Gasteiger partial charge in [-0.15, -0.1) is 9.81 Å². The highest BCUT2D eigenvalue weighted by atomic mass is 16.3. The van der Waals surface area contributed by atoms with Gasteiger partial charge in [-0.1, -0.05) is 6.07 Å². The van der Waals surface area contributed by atoms with Crippen LogP contribution >= 0.6 is 0 Å². The third kappa shape index (κ3) is 1.29. The summed E-state index contributed by atoms with van der Waals surface area (Å²) in [7, 11) is 0. The highest BCUT2D eigenvalue weighted by Crippen LogP contribution is 2.26. The second-order valence-corrected chi connectivity index (χ2v) is 1.96. The zero-order valence-corrected chi connectivity index (χ0v) is 5.65. The number of rotatable bonds is 2. The first kappa shape index (κ1) is 7.53. The molecular weight excluding hydrogens is 144 g/mol. The molecule has 0 fully saturated rings. The van der Waals surface area contributed by atoms with E-state index < -0.39 is 0 Å². The standard InChI is InChI=1S/C7H5N2O2/c1-5-6(8-10)3-2-4-7(5)9-11/h2-4H,1H2. The number of hydrogen-bond donors (Lipinski definition) is 0. The van der Waals surface area contributed by atoms with Crippen molar-refractivity contribution in [3.63, 3.8) is 0 Å². The van der Waals surface area contributed by atoms with Crippen LogP contribution in [0.5, 0.6) is 0 Å². The summed E-state index contributed by atoms with van der Waals surface area (Å²) in [5.41, 5.74) is 0.585. The lowest BCUT2D eigenvalue weighted by Crippen LogP contribution is -1.73. The Morgan fingerprint density at radius 2 is 1.55 bits per heavy atom. The van der Waals surface area contributed by atoms with Crippen molar-refractivity contribution < 1.29 is 0 Å². The predicted octanol–water partition coefficient (Wildman–Crippen LogP) is 2.66. The van der Waals surface area contributed by atoms with Crippen molar-refractivity contribution in [2.45, 2.75) is 0 Å². The van der Waals surface area contributed by atoms with Crippen LogP contribution in [0.3, 0.4) is 0 Å². The number of nitrogens with zero attached hydrogens (tertiary/aromatic N) is 2. The van der Waals surface area contributed by atoms with Gasteiger partial charge in [0.15, 0.2) is 0 Å². The average Bonchev–Trinajstić information content (AvgIpc) is 2.05. The highest BCUT2D eigenvalue weighted by molar-refractivity contribution is 5.61. The summed E-state index contributed by atoms with van der Waals surface area (Å²) in [5.74, 6) is 0. The molecule has 0 N–H and O–H groups in total. The van der Waals surface area contributed by atoms with Crippen molar-refractivity contribution in [3.8, 4) is 0 Å². The fourth-order valence-electron chi connectivity index (χ4n) is 0.734. The quantitative estimate of drug-likeness (QED) is 0.607. The van der Waals surface area contributed by atoms with E-state index >= 15 is 0 Å². The van der Waals surface area contributed by atoms with Crippen molar-refractivity contribution in [1.29, 1.82) is 0 Å². The van der Waals surface area contributed by atoms with Gasteiger partial charge in [0.1, 0.15) is 11.4 Å². The summed E-state index contributed by atoms with van der Waals surface area (Å²) in [6.45, 7) is 3.47. The van der Waals surface area contributed by atoms with Gasteiger partial charge in [0.2, 0.25) is 0 Å². The Morgan fingerprint density at radius 3 is 1.91 bits per heavy atom. The second kappa shape index (κ2) is 3.01. The van der Waals surface area contributed by atoms with Gasteiger partial charge in [0.25, 0.3) is 0 Å². The summed E-state index contributed by atoms with van der Waals surface area (Å²) < 4.78 is 0. The van der Waals surface area contributed by atoms with Crippen LogP contribution in [0.15, 0.2) is 28.6 Å². The van der Waals surface area contributed by atoms with Gasteiger partial charge < -0.3 is 0 Å². The fourth-order valence-corrected chi connectivity index (χ4v) is 0.734. The molecular formula is C7H5N2O2. The predicted molar refractivity (Wildman–Crippen MR) is 41.8 cm³/mol. The van der Waals surface area contributed by atoms with E-state index in [-0.39, 0.29) is 16.9 Å². The first-order chi connectivity index (χ1) is 5.29. The molecule has 1 aromatic carbocycles. The van der Waals surface area contributed by atoms with E-state index in [0.717, 1.165) is 0 Å². The minimum absolute atomic E-state index is 0.155. The minimum Gasteiger partial charge on any atom is -0.145 e. The topological polar surface area (TPSA) is 58.9 Å². The molecule has 4 nitrogen and oxygen atoms in total. The van der Waals surface area contributed by atoms with Crippen LogP contribution in [0.1, 0.15) is 5.56 Å². The largest absolute Gasteiger partial charge is 0.145 e. The Kier molecular flexibility index (Phi) is 2.06. The Bertz CT molecular complexity index is 270. The molecule has 0 saturated heterocycles. The van der Waals surface area contributed by atoms with E-state index in [1.165, 1.54) is 18.2 Å². The number of nitroso groups, excluding NO2 is 2. The molecule has 4 heteroatoms. The molecule has 11 heavy (non-hydrogen) atoms. The number of hydrogen-bond acceptors (Lipinski definition) is 4. The third-order valence-electron chi connectivity index (χ3n) is 1.32. The molecule has 1 aromatic rings. The molecule has 0 atom stereocenters. The molecule has 1 radical (unpaired) electrons. The summed E-state index contributed by atoms with van der Waals surface area (Å²) in [6, 6.07) is 4.48. The minimum atomic E-state index is 0.155. The lowest BCUT2D eigenvalue weighted by molar-refractivity contribution is 1.40. The van der Waals surface area contributed by atoms with Crippen LogP contribution in [0.4, 0.5) is 11.4 Å². The Hall–Kier alpha value is -1.58. The Balaban J connectivity index is 3.30. The molecule has 0 aliphatic heterocycles. The van der Waals surface area contributed by atoms with Crippen LogP contribution in [-0.2, 0) is 0 Å². The van der Waals surface area contributed by atoms with Crippen molar-refractivity contribution in [1.82, 2.24) is 0 Å². The van der Waals surface area contributed by atoms with E-state index in [0.29, 0.717) is 0 Å². The fraction of sp³-hybridized carbons (Fsp3) is 0. The van der Waals surface area contributed by atoms with E-state index in [9.17, 15) is 9.81 Å². The molecule has 0 amide bonds. The van der Waals surface area contributed by atoms with Crippen LogP contribution in [0.2, 0.25) is 0 Å². The van der Waals surface area contributed by atoms with Gasteiger partial charge in [-0.3, -0.25) is 0 Å². The van der Waals surface area contributed by atoms with Gasteiger partial charge in [0, 0.05) is 5.56 Å². The first-order valence-electron chi connectivity index (χ1n) is 2.91. The smallest absolute Gasteiger partial charge is 0.113 e. The summed E-state index contributed by atoms with van der Waals surface area (Å²) in [5, 5.41) is 5.33. The SMILES string of the molecule is [CH2]c1c(N=O)cccc1N=O. The maximum atomic E-state index is 10.1. The van der Waals surface area contributed by atoms with Crippen molar-refractivity contribution >= 4 is 11.4 Å². The van der Waals surface area contributed by atoms with Crippen LogP contribution in [0.25, 0.3) is 0 Å². The molecule has 0 aromatic heterocycles. The van der Waals surface area contributed by atoms with Crippen molar-refractivity contribution in [3.05, 3.63) is 40.5 Å². The van der Waals surface area contributed by atoms with Gasteiger partial charge in [-0.2, -0.15) is 0 Å². The zero-order valence-electron chi connectivity index (χ0n) is 5.65. The molecule has 55 valence electrons. The molecule has 0 aliphatic rings. The molecule has 0 unspecified atom stereocenters. The third-order valence-corrected chi connectivity index (χ3v) is 1.32. The van der Waals surface area contributed by atoms with Crippen LogP contribution < -0.4 is 0 Å². The van der Waals surface area contributed by atoms with Crippen LogP contribution in [0, 0.1) is 16.7 Å². The molecule has 0 aliphatic carbocycles. The van der Waals surface area contributed by atoms with Crippen molar-refractivity contribution in [2.75, 3.05) is 0 Å². The van der Waals surface area contributed by atoms with Gasteiger partial charge in [-0.25, -0.2) is 0 Å². The Labute approximate surface area is 63.2 Å². The van der Waals surface area contributed by atoms with E-state index in [2.05, 4.69) is 17.3 Å². The lowest BCUT2D eigenvalue weighted by atomic mass is 10.2. The molecule has 0 spiro atoms. The first-order valence-corrected chi connectivity index (χ1v) is 2.91. The summed E-state index contributed by atoms with van der Waals surface area (Å²) in [4.78, 5) is 20.1. The highest BCUT2D eigenvalue weighted by Gasteiger charge is 2.02. The van der Waals surface area contributed by atoms with Gasteiger partial charge in [-0.05, 0) is 29.4 Å². The number of benzene rings is 1. The lowest BCUT2D eigenvalue weighted by Gasteiger charge is -1.96.